The van der Waals surface area contributed by atoms with Gasteiger partial charge in [0.15, 0.2) is 12.2 Å². The van der Waals surface area contributed by atoms with Crippen LogP contribution >= 0.6 is 15.9 Å². The number of carbonyl (C=O) groups excluding carboxylic acids is 7. The zero-order valence-corrected chi connectivity index (χ0v) is 31.4. The molecule has 4 atom stereocenters. The van der Waals surface area contributed by atoms with E-state index in [9.17, 15) is 33.6 Å². The molecule has 0 bridgehead atoms. The van der Waals surface area contributed by atoms with Gasteiger partial charge in [-0.2, -0.15) is 0 Å². The Hall–Kier alpha value is -4.41. The highest BCUT2D eigenvalue weighted by atomic mass is 79.9. The van der Waals surface area contributed by atoms with Crippen molar-refractivity contribution >= 4 is 58.0 Å². The van der Waals surface area contributed by atoms with E-state index in [0.29, 0.717) is 23.9 Å². The summed E-state index contributed by atoms with van der Waals surface area (Å²) in [6, 6.07) is 8.82. The number of ether oxygens (including phenoxy) is 8. The van der Waals surface area contributed by atoms with Crippen molar-refractivity contribution in [3.63, 3.8) is 0 Å². The largest absolute Gasteiger partial charge is 0.509 e. The molecular formula is C34H48BrNO15. The molecule has 16 nitrogen and oxygen atoms in total. The van der Waals surface area contributed by atoms with Crippen molar-refractivity contribution in [3.8, 4) is 0 Å². The molecule has 0 saturated carbocycles. The number of nitrogens with one attached hydrogen (secondary N) is 1. The fraction of sp³-hybridized carbons (Fsp3) is 0.618. The average Bonchev–Trinajstić information content (AvgIpc) is 3.10. The zero-order valence-electron chi connectivity index (χ0n) is 29.8. The smallest absolute Gasteiger partial charge is 0.465 e. The minimum atomic E-state index is -1.64. The van der Waals surface area contributed by atoms with Gasteiger partial charge in [-0.15, -0.1) is 0 Å². The summed E-state index contributed by atoms with van der Waals surface area (Å²) in [6.45, 7) is 6.32. The van der Waals surface area contributed by atoms with E-state index < -0.39 is 91.6 Å². The van der Waals surface area contributed by atoms with Crippen molar-refractivity contribution in [1.29, 1.82) is 0 Å². The predicted molar refractivity (Wildman–Crippen MR) is 181 cm³/mol. The summed E-state index contributed by atoms with van der Waals surface area (Å²) < 4.78 is 41.0. The second-order valence-electron chi connectivity index (χ2n) is 12.0. The van der Waals surface area contributed by atoms with Crippen molar-refractivity contribution in [2.75, 3.05) is 44.9 Å². The molecule has 0 aliphatic rings. The van der Waals surface area contributed by atoms with Gasteiger partial charge >= 0.3 is 42.1 Å². The maximum atomic E-state index is 13.1. The van der Waals surface area contributed by atoms with Gasteiger partial charge in [0.05, 0.1) is 6.61 Å². The maximum absolute atomic E-state index is 13.1. The van der Waals surface area contributed by atoms with E-state index in [1.165, 1.54) is 20.8 Å². The standard InChI is InChI=1S/C34H48BrNO15/c1-7-8-16-36-31(42)48-21-34(6,30(41)45-18-26-13-10-9-11-14-26)20-47-27(38)23(2)50-28(39)24(3)51-32(43)49-22-33(5,19-46-25(4)37)29(40)44-17-12-15-35/h9-11,13-14,23-24H,7-8,12,15-22H2,1-6H3,(H,36,42). The lowest BCUT2D eigenvalue weighted by Gasteiger charge is -2.27. The Labute approximate surface area is 305 Å². The number of benzene rings is 1. The molecule has 0 aliphatic heterocycles. The van der Waals surface area contributed by atoms with Crippen molar-refractivity contribution in [2.24, 2.45) is 10.8 Å². The second-order valence-corrected chi connectivity index (χ2v) is 12.8. The monoisotopic (exact) mass is 789 g/mol. The summed E-state index contributed by atoms with van der Waals surface area (Å²) in [6.07, 6.45) is -3.16. The van der Waals surface area contributed by atoms with E-state index in [-0.39, 0.29) is 13.2 Å². The van der Waals surface area contributed by atoms with Crippen LogP contribution in [-0.2, 0) is 68.5 Å². The van der Waals surface area contributed by atoms with E-state index in [0.717, 1.165) is 26.7 Å². The molecule has 1 aromatic carbocycles. The quantitative estimate of drug-likeness (QED) is 0.0757. The number of amides is 1. The first-order valence-corrected chi connectivity index (χ1v) is 17.4. The Morgan fingerprint density at radius 3 is 1.90 bits per heavy atom. The SMILES string of the molecule is CCCCNC(=O)OCC(C)(COC(=O)C(C)OC(=O)C(C)OC(=O)OCC(C)(COC(C)=O)C(=O)OCCCBr)C(=O)OCc1ccccc1. The van der Waals surface area contributed by atoms with Gasteiger partial charge in [0.25, 0.3) is 0 Å². The molecule has 0 heterocycles. The predicted octanol–water partition coefficient (Wildman–Crippen LogP) is 4.18. The van der Waals surface area contributed by atoms with E-state index in [1.807, 2.05) is 6.92 Å². The molecule has 1 aromatic rings. The molecule has 0 aliphatic carbocycles. The van der Waals surface area contributed by atoms with Gasteiger partial charge in [-0.1, -0.05) is 59.6 Å². The van der Waals surface area contributed by atoms with Crippen LogP contribution in [0.5, 0.6) is 0 Å². The van der Waals surface area contributed by atoms with Gasteiger partial charge in [0, 0.05) is 18.8 Å². The molecule has 0 saturated heterocycles. The first-order valence-electron chi connectivity index (χ1n) is 16.3. The van der Waals surface area contributed by atoms with Crippen LogP contribution in [0.4, 0.5) is 9.59 Å². The molecule has 1 rings (SSSR count). The number of esters is 5. The van der Waals surface area contributed by atoms with Gasteiger partial charge in [0.1, 0.15) is 43.9 Å². The van der Waals surface area contributed by atoms with Crippen LogP contribution in [-0.4, -0.2) is 99.2 Å². The number of hydrogen-bond acceptors (Lipinski definition) is 15. The van der Waals surface area contributed by atoms with Crippen LogP contribution in [0.3, 0.4) is 0 Å². The van der Waals surface area contributed by atoms with Gasteiger partial charge in [-0.05, 0) is 46.1 Å². The first kappa shape index (κ1) is 44.6. The normalized spacial score (nSPS) is 14.2. The Balaban J connectivity index is 2.78. The second kappa shape index (κ2) is 23.1. The van der Waals surface area contributed by atoms with Gasteiger partial charge in [-0.25, -0.2) is 19.2 Å². The highest BCUT2D eigenvalue weighted by Gasteiger charge is 2.41. The van der Waals surface area contributed by atoms with Crippen molar-refractivity contribution in [2.45, 2.75) is 79.6 Å². The van der Waals surface area contributed by atoms with Crippen LogP contribution in [0.1, 0.15) is 66.4 Å². The third-order valence-electron chi connectivity index (χ3n) is 6.90. The maximum Gasteiger partial charge on any atom is 0.509 e. The summed E-state index contributed by atoms with van der Waals surface area (Å²) in [5.41, 5.74) is -2.52. The molecule has 0 spiro atoms. The molecule has 0 radical (unpaired) electrons. The topological polar surface area (TPSA) is 205 Å². The highest BCUT2D eigenvalue weighted by Crippen LogP contribution is 2.23. The number of halogens is 1. The van der Waals surface area contributed by atoms with Crippen LogP contribution in [0.25, 0.3) is 0 Å². The van der Waals surface area contributed by atoms with Gasteiger partial charge in [0.2, 0.25) is 0 Å². The Morgan fingerprint density at radius 1 is 0.725 bits per heavy atom. The van der Waals surface area contributed by atoms with Crippen molar-refractivity contribution < 1.29 is 71.5 Å². The minimum absolute atomic E-state index is 0.0648. The molecule has 1 amide bonds. The third kappa shape index (κ3) is 17.4. The molecule has 4 unspecified atom stereocenters. The average molecular weight is 791 g/mol. The summed E-state index contributed by atoms with van der Waals surface area (Å²) >= 11 is 3.21. The zero-order chi connectivity index (χ0) is 38.5. The van der Waals surface area contributed by atoms with E-state index in [2.05, 4.69) is 21.2 Å². The summed E-state index contributed by atoms with van der Waals surface area (Å²) in [5.74, 6) is -4.49. The van der Waals surface area contributed by atoms with Crippen LogP contribution in [0.2, 0.25) is 0 Å². The minimum Gasteiger partial charge on any atom is -0.465 e. The molecule has 0 fully saturated rings. The molecular weight excluding hydrogens is 742 g/mol. The lowest BCUT2D eigenvalue weighted by atomic mass is 9.93. The van der Waals surface area contributed by atoms with Crippen LogP contribution in [0.15, 0.2) is 30.3 Å². The number of unbranched alkanes of at least 4 members (excludes halogenated alkanes) is 1. The van der Waals surface area contributed by atoms with Crippen LogP contribution < -0.4 is 5.32 Å². The molecule has 17 heteroatoms. The lowest BCUT2D eigenvalue weighted by Crippen LogP contribution is -2.43. The Bertz CT molecular complexity index is 1310. The number of hydrogen-bond donors (Lipinski definition) is 1. The summed E-state index contributed by atoms with van der Waals surface area (Å²) in [7, 11) is 0. The van der Waals surface area contributed by atoms with E-state index in [1.54, 1.807) is 30.3 Å². The molecule has 51 heavy (non-hydrogen) atoms. The summed E-state index contributed by atoms with van der Waals surface area (Å²) in [5, 5.41) is 3.13. The van der Waals surface area contributed by atoms with Gasteiger partial charge < -0.3 is 43.2 Å². The van der Waals surface area contributed by atoms with Gasteiger partial charge in [-0.3, -0.25) is 14.4 Å². The highest BCUT2D eigenvalue weighted by molar-refractivity contribution is 9.09. The fourth-order valence-electron chi connectivity index (χ4n) is 3.62. The molecule has 286 valence electrons. The van der Waals surface area contributed by atoms with E-state index in [4.69, 9.17) is 37.9 Å². The molecule has 0 aromatic heterocycles. The van der Waals surface area contributed by atoms with E-state index >= 15 is 0 Å². The molecule has 1 N–H and O–H groups in total. The number of rotatable bonds is 22. The van der Waals surface area contributed by atoms with Crippen LogP contribution in [0, 0.1) is 10.8 Å². The Kier molecular flexibility index (Phi) is 20.2. The lowest BCUT2D eigenvalue weighted by molar-refractivity contribution is -0.178. The Morgan fingerprint density at radius 2 is 1.29 bits per heavy atom. The first-order chi connectivity index (χ1) is 24.1. The number of alkyl carbamates (subject to hydrolysis) is 1. The van der Waals surface area contributed by atoms with Crippen molar-refractivity contribution in [1.82, 2.24) is 5.32 Å². The third-order valence-corrected chi connectivity index (χ3v) is 7.46. The summed E-state index contributed by atoms with van der Waals surface area (Å²) in [4.78, 5) is 86.9. The number of alkyl halides is 1. The van der Waals surface area contributed by atoms with Crippen molar-refractivity contribution in [3.05, 3.63) is 35.9 Å². The fourth-order valence-corrected chi connectivity index (χ4v) is 3.85. The number of carbonyl (C=O) groups is 7.